The molecule has 0 aliphatic heterocycles. The van der Waals surface area contributed by atoms with Crippen molar-refractivity contribution in [3.05, 3.63) is 95.9 Å². The highest BCUT2D eigenvalue weighted by molar-refractivity contribution is 6.13. The number of furan rings is 1. The van der Waals surface area contributed by atoms with Gasteiger partial charge < -0.3 is 4.42 Å². The van der Waals surface area contributed by atoms with Gasteiger partial charge in [-0.05, 0) is 19.1 Å². The highest BCUT2D eigenvalue weighted by atomic mass is 16.3. The molecule has 0 saturated carbocycles. The molecule has 3 aromatic rings. The van der Waals surface area contributed by atoms with E-state index in [1.807, 2.05) is 79.7 Å². The van der Waals surface area contributed by atoms with Gasteiger partial charge in [0.25, 0.3) is 0 Å². The molecule has 0 aliphatic rings. The highest BCUT2D eigenvalue weighted by Crippen LogP contribution is 2.12. The van der Waals surface area contributed by atoms with E-state index < -0.39 is 0 Å². The Morgan fingerprint density at radius 3 is 1.82 bits per heavy atom. The maximum atomic E-state index is 5.34. The Labute approximate surface area is 129 Å². The van der Waals surface area contributed by atoms with E-state index in [1.54, 1.807) is 6.26 Å². The van der Waals surface area contributed by atoms with E-state index in [1.165, 1.54) is 0 Å². The minimum Gasteiger partial charge on any atom is -0.463 e. The summed E-state index contributed by atoms with van der Waals surface area (Å²) in [6.07, 6.45) is 1.63. The van der Waals surface area contributed by atoms with Crippen LogP contribution in [0.1, 0.15) is 23.8 Å². The van der Waals surface area contributed by atoms with Crippen molar-refractivity contribution in [3.8, 4) is 0 Å². The van der Waals surface area contributed by atoms with Crippen molar-refractivity contribution in [2.24, 2.45) is 10.2 Å². The van der Waals surface area contributed by atoms with E-state index in [-0.39, 0.29) is 0 Å². The van der Waals surface area contributed by atoms with Crippen LogP contribution in [-0.4, -0.2) is 11.4 Å². The minimum absolute atomic E-state index is 0.726. The quantitative estimate of drug-likeness (QED) is 0.513. The molecule has 3 nitrogen and oxygen atoms in total. The summed E-state index contributed by atoms with van der Waals surface area (Å²) in [5.74, 6) is 0.726. The first kappa shape index (κ1) is 14.0. The van der Waals surface area contributed by atoms with Crippen LogP contribution in [0.5, 0.6) is 0 Å². The maximum Gasteiger partial charge on any atom is 0.149 e. The number of benzene rings is 2. The van der Waals surface area contributed by atoms with Gasteiger partial charge in [-0.3, -0.25) is 0 Å². The molecule has 22 heavy (non-hydrogen) atoms. The second-order valence-corrected chi connectivity index (χ2v) is 4.84. The van der Waals surface area contributed by atoms with Gasteiger partial charge in [-0.25, -0.2) is 0 Å². The van der Waals surface area contributed by atoms with Crippen molar-refractivity contribution >= 4 is 11.4 Å². The van der Waals surface area contributed by atoms with Crippen molar-refractivity contribution in [1.82, 2.24) is 0 Å². The largest absolute Gasteiger partial charge is 0.463 e. The fraction of sp³-hybridized carbons (Fsp3) is 0.0526. The van der Waals surface area contributed by atoms with Crippen LogP contribution in [0.2, 0.25) is 0 Å². The minimum atomic E-state index is 0.726. The summed E-state index contributed by atoms with van der Waals surface area (Å²) in [5.41, 5.74) is 3.65. The smallest absolute Gasteiger partial charge is 0.149 e. The first-order valence-electron chi connectivity index (χ1n) is 7.11. The van der Waals surface area contributed by atoms with Crippen LogP contribution in [-0.2, 0) is 0 Å². The first-order chi connectivity index (χ1) is 10.8. The Morgan fingerprint density at radius 1 is 0.727 bits per heavy atom. The molecule has 0 unspecified atom stereocenters. The molecule has 0 bridgehead atoms. The third kappa shape index (κ3) is 3.20. The predicted molar refractivity (Wildman–Crippen MR) is 89.4 cm³/mol. The van der Waals surface area contributed by atoms with E-state index in [2.05, 4.69) is 10.2 Å². The van der Waals surface area contributed by atoms with Gasteiger partial charge in [-0.15, -0.1) is 5.10 Å². The molecule has 3 heteroatoms. The topological polar surface area (TPSA) is 37.9 Å². The maximum absolute atomic E-state index is 5.34. The van der Waals surface area contributed by atoms with E-state index in [0.717, 1.165) is 28.3 Å². The molecule has 108 valence electrons. The summed E-state index contributed by atoms with van der Waals surface area (Å²) in [4.78, 5) is 0. The number of nitrogens with zero attached hydrogens (tertiary/aromatic N) is 2. The summed E-state index contributed by atoms with van der Waals surface area (Å²) in [7, 11) is 0. The molecule has 1 aromatic heterocycles. The number of hydrogen-bond donors (Lipinski definition) is 0. The third-order valence-corrected chi connectivity index (χ3v) is 3.27. The van der Waals surface area contributed by atoms with E-state index in [4.69, 9.17) is 4.42 Å². The Morgan fingerprint density at radius 2 is 1.32 bits per heavy atom. The summed E-state index contributed by atoms with van der Waals surface area (Å²) in [6, 6.07) is 23.8. The van der Waals surface area contributed by atoms with Crippen LogP contribution in [0.3, 0.4) is 0 Å². The molecule has 0 radical (unpaired) electrons. The van der Waals surface area contributed by atoms with Gasteiger partial charge in [0.15, 0.2) is 0 Å². The fourth-order valence-electron chi connectivity index (χ4n) is 2.13. The summed E-state index contributed by atoms with van der Waals surface area (Å²) in [6.45, 7) is 1.88. The Balaban J connectivity index is 2.03. The fourth-order valence-corrected chi connectivity index (χ4v) is 2.13. The van der Waals surface area contributed by atoms with Crippen LogP contribution in [0.25, 0.3) is 0 Å². The van der Waals surface area contributed by atoms with Gasteiger partial charge in [0.05, 0.1) is 6.26 Å². The van der Waals surface area contributed by atoms with Crippen LogP contribution in [0.4, 0.5) is 0 Å². The molecule has 1 heterocycles. The Bertz CT molecular complexity index is 731. The average molecular weight is 288 g/mol. The zero-order valence-corrected chi connectivity index (χ0v) is 12.3. The highest BCUT2D eigenvalue weighted by Gasteiger charge is 2.06. The zero-order valence-electron chi connectivity index (χ0n) is 12.3. The molecule has 0 amide bonds. The molecule has 0 atom stereocenters. The molecule has 0 spiro atoms. The summed E-state index contributed by atoms with van der Waals surface area (Å²) in [5, 5.41) is 8.80. The third-order valence-electron chi connectivity index (χ3n) is 3.27. The standard InChI is InChI=1S/C19H16N2O/c1-15(18-13-8-14-22-18)20-21-19(16-9-4-2-5-10-16)17-11-6-3-7-12-17/h2-14H,1H3. The van der Waals surface area contributed by atoms with Crippen molar-refractivity contribution in [2.45, 2.75) is 6.92 Å². The monoisotopic (exact) mass is 288 g/mol. The molecule has 0 N–H and O–H groups in total. The number of rotatable bonds is 4. The van der Waals surface area contributed by atoms with Crippen LogP contribution < -0.4 is 0 Å². The first-order valence-corrected chi connectivity index (χ1v) is 7.11. The summed E-state index contributed by atoms with van der Waals surface area (Å²) < 4.78 is 5.34. The van der Waals surface area contributed by atoms with Crippen molar-refractivity contribution in [1.29, 1.82) is 0 Å². The molecule has 2 aromatic carbocycles. The van der Waals surface area contributed by atoms with E-state index in [9.17, 15) is 0 Å². The second kappa shape index (κ2) is 6.68. The van der Waals surface area contributed by atoms with E-state index >= 15 is 0 Å². The molecule has 0 aliphatic carbocycles. The van der Waals surface area contributed by atoms with Gasteiger partial charge in [0.1, 0.15) is 17.2 Å². The Hall–Kier alpha value is -2.94. The lowest BCUT2D eigenvalue weighted by atomic mass is 10.0. The molecule has 0 fully saturated rings. The molecule has 0 saturated heterocycles. The van der Waals surface area contributed by atoms with Gasteiger partial charge in [-0.1, -0.05) is 60.7 Å². The molecular weight excluding hydrogens is 272 g/mol. The van der Waals surface area contributed by atoms with E-state index in [0.29, 0.717) is 0 Å². The number of hydrogen-bond acceptors (Lipinski definition) is 3. The van der Waals surface area contributed by atoms with Crippen molar-refractivity contribution < 1.29 is 4.42 Å². The predicted octanol–water partition coefficient (Wildman–Crippen LogP) is 4.54. The Kier molecular flexibility index (Phi) is 4.25. The lowest BCUT2D eigenvalue weighted by molar-refractivity contribution is 0.557. The lowest BCUT2D eigenvalue weighted by Crippen LogP contribution is -2.03. The lowest BCUT2D eigenvalue weighted by Gasteiger charge is -2.05. The van der Waals surface area contributed by atoms with Crippen LogP contribution in [0, 0.1) is 0 Å². The van der Waals surface area contributed by atoms with Crippen LogP contribution >= 0.6 is 0 Å². The SMILES string of the molecule is CC(=NN=C(c1ccccc1)c1ccccc1)c1ccco1. The van der Waals surface area contributed by atoms with Gasteiger partial charge >= 0.3 is 0 Å². The molecular formula is C19H16N2O. The van der Waals surface area contributed by atoms with Gasteiger partial charge in [-0.2, -0.15) is 5.10 Å². The normalized spacial score (nSPS) is 11.2. The van der Waals surface area contributed by atoms with Crippen molar-refractivity contribution in [3.63, 3.8) is 0 Å². The average Bonchev–Trinajstić information content (AvgIpc) is 3.11. The van der Waals surface area contributed by atoms with Crippen molar-refractivity contribution in [2.75, 3.05) is 0 Å². The second-order valence-electron chi connectivity index (χ2n) is 4.84. The van der Waals surface area contributed by atoms with Crippen LogP contribution in [0.15, 0.2) is 93.7 Å². The zero-order chi connectivity index (χ0) is 15.2. The summed E-state index contributed by atoms with van der Waals surface area (Å²) >= 11 is 0. The van der Waals surface area contributed by atoms with Gasteiger partial charge in [0.2, 0.25) is 0 Å². The van der Waals surface area contributed by atoms with Gasteiger partial charge in [0, 0.05) is 11.1 Å². The molecule has 3 rings (SSSR count).